The summed E-state index contributed by atoms with van der Waals surface area (Å²) in [5.41, 5.74) is 3.65. The van der Waals surface area contributed by atoms with Crippen LogP contribution in [0.2, 0.25) is 0 Å². The Morgan fingerprint density at radius 3 is 2.47 bits per heavy atom. The highest BCUT2D eigenvalue weighted by Crippen LogP contribution is 2.29. The summed E-state index contributed by atoms with van der Waals surface area (Å²) in [6.07, 6.45) is 0. The largest absolute Gasteiger partial charge is 0.497 e. The molecule has 34 heavy (non-hydrogen) atoms. The van der Waals surface area contributed by atoms with Gasteiger partial charge in [0, 0.05) is 24.2 Å². The predicted molar refractivity (Wildman–Crippen MR) is 121 cm³/mol. The van der Waals surface area contributed by atoms with Gasteiger partial charge in [-0.05, 0) is 36.8 Å². The molecule has 1 amide bonds. The van der Waals surface area contributed by atoms with Crippen molar-refractivity contribution in [2.24, 2.45) is 0 Å². The van der Waals surface area contributed by atoms with E-state index in [1.807, 2.05) is 0 Å². The lowest BCUT2D eigenvalue weighted by Gasteiger charge is -2.30. The number of ether oxygens (including phenoxy) is 2. The summed E-state index contributed by atoms with van der Waals surface area (Å²) in [6.45, 7) is 3.11. The normalized spacial score (nSPS) is 13.4. The van der Waals surface area contributed by atoms with Gasteiger partial charge in [-0.3, -0.25) is 25.3 Å². The minimum atomic E-state index is -0.751. The second-order valence-corrected chi connectivity index (χ2v) is 7.27. The van der Waals surface area contributed by atoms with Gasteiger partial charge in [-0.15, -0.1) is 5.12 Å². The van der Waals surface area contributed by atoms with E-state index in [0.717, 1.165) is 5.56 Å². The zero-order chi connectivity index (χ0) is 24.8. The molecular weight excluding hydrogens is 446 g/mol. The van der Waals surface area contributed by atoms with Crippen molar-refractivity contribution >= 4 is 23.3 Å². The first-order chi connectivity index (χ1) is 16.2. The standard InChI is InChI=1S/C22H25N5O7/c1-4-34-22(30)20-21(29)24-26(25(20)12-15-5-9-18(33-3)10-6-15)13-16-7-8-17(23-14(2)28)11-19(16)27(31)32/h5-11,24,29H,4,12-13H2,1-3H3,(H,23,28). The molecule has 1 aliphatic rings. The van der Waals surface area contributed by atoms with Crippen molar-refractivity contribution in [1.82, 2.24) is 15.6 Å². The number of rotatable bonds is 9. The monoisotopic (exact) mass is 471 g/mol. The van der Waals surface area contributed by atoms with Crippen molar-refractivity contribution in [2.45, 2.75) is 26.9 Å². The summed E-state index contributed by atoms with van der Waals surface area (Å²) >= 11 is 0. The fourth-order valence-electron chi connectivity index (χ4n) is 3.38. The minimum Gasteiger partial charge on any atom is -0.497 e. The van der Waals surface area contributed by atoms with Gasteiger partial charge in [-0.2, -0.15) is 0 Å². The number of hydrogen-bond donors (Lipinski definition) is 3. The van der Waals surface area contributed by atoms with E-state index in [-0.39, 0.29) is 48.2 Å². The molecule has 0 radical (unpaired) electrons. The quantitative estimate of drug-likeness (QED) is 0.283. The van der Waals surface area contributed by atoms with Crippen LogP contribution in [0.1, 0.15) is 25.0 Å². The molecule has 3 N–H and O–H groups in total. The average molecular weight is 471 g/mol. The van der Waals surface area contributed by atoms with E-state index >= 15 is 0 Å². The number of hydrazine groups is 2. The topological polar surface area (TPSA) is 147 Å². The molecule has 0 atom stereocenters. The van der Waals surface area contributed by atoms with Crippen LogP contribution in [0.25, 0.3) is 0 Å². The third-order valence-electron chi connectivity index (χ3n) is 4.89. The lowest BCUT2D eigenvalue weighted by atomic mass is 10.1. The number of hydrogen-bond acceptors (Lipinski definition) is 10. The van der Waals surface area contributed by atoms with Crippen LogP contribution in [0.15, 0.2) is 54.0 Å². The van der Waals surface area contributed by atoms with Crippen LogP contribution in [0.3, 0.4) is 0 Å². The number of nitrogens with one attached hydrogen (secondary N) is 2. The number of carbonyl (C=O) groups is 2. The Morgan fingerprint density at radius 1 is 1.18 bits per heavy atom. The van der Waals surface area contributed by atoms with Gasteiger partial charge in [0.05, 0.1) is 31.7 Å². The third kappa shape index (κ3) is 5.53. The van der Waals surface area contributed by atoms with E-state index in [2.05, 4.69) is 10.7 Å². The Balaban J connectivity index is 1.93. The summed E-state index contributed by atoms with van der Waals surface area (Å²) in [5, 5.41) is 27.5. The number of amides is 1. The molecule has 0 fully saturated rings. The smallest absolute Gasteiger partial charge is 0.361 e. The lowest BCUT2D eigenvalue weighted by molar-refractivity contribution is -0.385. The highest BCUT2D eigenvalue weighted by atomic mass is 16.6. The van der Waals surface area contributed by atoms with Gasteiger partial charge in [0.25, 0.3) is 5.69 Å². The molecule has 12 heteroatoms. The van der Waals surface area contributed by atoms with Gasteiger partial charge in [0.1, 0.15) is 5.75 Å². The van der Waals surface area contributed by atoms with Crippen LogP contribution in [-0.2, 0) is 27.4 Å². The number of esters is 1. The van der Waals surface area contributed by atoms with Gasteiger partial charge in [-0.1, -0.05) is 12.1 Å². The van der Waals surface area contributed by atoms with Crippen molar-refractivity contribution < 1.29 is 29.1 Å². The van der Waals surface area contributed by atoms with Gasteiger partial charge in [0.15, 0.2) is 0 Å². The average Bonchev–Trinajstić information content (AvgIpc) is 3.09. The van der Waals surface area contributed by atoms with Crippen LogP contribution in [0, 0.1) is 10.1 Å². The summed E-state index contributed by atoms with van der Waals surface area (Å²) in [5.74, 6) is -0.898. The fraction of sp³-hybridized carbons (Fsp3) is 0.273. The lowest BCUT2D eigenvalue weighted by Crippen LogP contribution is -2.43. The van der Waals surface area contributed by atoms with E-state index in [0.29, 0.717) is 5.75 Å². The molecule has 0 bridgehead atoms. The minimum absolute atomic E-state index is 0.0835. The van der Waals surface area contributed by atoms with Gasteiger partial charge >= 0.3 is 5.97 Å². The number of aliphatic hydroxyl groups excluding tert-OH is 1. The number of anilines is 1. The van der Waals surface area contributed by atoms with Crippen molar-refractivity contribution in [1.29, 1.82) is 0 Å². The second-order valence-electron chi connectivity index (χ2n) is 7.27. The molecule has 0 aromatic heterocycles. The molecule has 12 nitrogen and oxygen atoms in total. The van der Waals surface area contributed by atoms with Crippen LogP contribution >= 0.6 is 0 Å². The SMILES string of the molecule is CCOC(=O)C1=C(O)NN(Cc2ccc(NC(C)=O)cc2[N+](=O)[O-])N1Cc1ccc(OC)cc1. The number of aliphatic hydroxyl groups is 1. The number of methoxy groups -OCH3 is 1. The van der Waals surface area contributed by atoms with E-state index in [9.17, 15) is 24.8 Å². The Kier molecular flexibility index (Phi) is 7.53. The van der Waals surface area contributed by atoms with Gasteiger partial charge < -0.3 is 19.9 Å². The number of benzene rings is 2. The highest BCUT2D eigenvalue weighted by molar-refractivity contribution is 5.89. The summed E-state index contributed by atoms with van der Waals surface area (Å²) in [4.78, 5) is 35.0. The van der Waals surface area contributed by atoms with E-state index in [1.54, 1.807) is 38.3 Å². The molecule has 180 valence electrons. The van der Waals surface area contributed by atoms with Crippen molar-refractivity contribution in [3.8, 4) is 5.75 Å². The molecule has 0 aliphatic carbocycles. The molecule has 0 saturated heterocycles. The Hall–Kier alpha value is -4.32. The molecule has 1 heterocycles. The Bertz CT molecular complexity index is 1120. The maximum atomic E-state index is 12.6. The number of nitro groups is 1. The summed E-state index contributed by atoms with van der Waals surface area (Å²) in [6, 6.07) is 11.4. The summed E-state index contributed by atoms with van der Waals surface area (Å²) in [7, 11) is 1.55. The van der Waals surface area contributed by atoms with Crippen LogP contribution in [0.5, 0.6) is 5.75 Å². The van der Waals surface area contributed by atoms with Crippen molar-refractivity contribution in [3.05, 3.63) is 75.3 Å². The van der Waals surface area contributed by atoms with Crippen LogP contribution in [-0.4, -0.2) is 45.7 Å². The molecule has 1 aliphatic heterocycles. The fourth-order valence-corrected chi connectivity index (χ4v) is 3.38. The molecular formula is C22H25N5O7. The van der Waals surface area contributed by atoms with Crippen molar-refractivity contribution in [2.75, 3.05) is 19.0 Å². The Labute approximate surface area is 195 Å². The molecule has 0 unspecified atom stereocenters. The second kappa shape index (κ2) is 10.5. The van der Waals surface area contributed by atoms with Gasteiger partial charge in [0.2, 0.25) is 17.5 Å². The van der Waals surface area contributed by atoms with Crippen LogP contribution in [0.4, 0.5) is 11.4 Å². The molecule has 2 aromatic carbocycles. The zero-order valence-electron chi connectivity index (χ0n) is 18.9. The summed E-state index contributed by atoms with van der Waals surface area (Å²) < 4.78 is 10.2. The van der Waals surface area contributed by atoms with E-state index < -0.39 is 16.8 Å². The first kappa shape index (κ1) is 24.3. The van der Waals surface area contributed by atoms with E-state index in [4.69, 9.17) is 9.47 Å². The van der Waals surface area contributed by atoms with Crippen molar-refractivity contribution in [3.63, 3.8) is 0 Å². The highest BCUT2D eigenvalue weighted by Gasteiger charge is 2.36. The first-order valence-electron chi connectivity index (χ1n) is 10.3. The molecule has 2 aromatic rings. The first-order valence-corrected chi connectivity index (χ1v) is 10.3. The predicted octanol–water partition coefficient (Wildman–Crippen LogP) is 2.59. The maximum Gasteiger partial charge on any atom is 0.361 e. The molecule has 3 rings (SSSR count). The number of carbonyl (C=O) groups excluding carboxylic acids is 2. The van der Waals surface area contributed by atoms with E-state index in [1.165, 1.54) is 35.2 Å². The Morgan fingerprint density at radius 2 is 1.88 bits per heavy atom. The third-order valence-corrected chi connectivity index (χ3v) is 4.89. The van der Waals surface area contributed by atoms with Gasteiger partial charge in [-0.25, -0.2) is 4.79 Å². The van der Waals surface area contributed by atoms with Crippen LogP contribution < -0.4 is 15.5 Å². The maximum absolute atomic E-state index is 12.6. The molecule has 0 saturated carbocycles. The molecule has 0 spiro atoms. The number of nitrogens with zero attached hydrogens (tertiary/aromatic N) is 3. The zero-order valence-corrected chi connectivity index (χ0v) is 18.9. The number of nitro benzene ring substituents is 1.